The van der Waals surface area contributed by atoms with E-state index in [-0.39, 0.29) is 18.4 Å². The van der Waals surface area contributed by atoms with Gasteiger partial charge in [-0.05, 0) is 39.3 Å². The molecule has 5 heteroatoms. The molecule has 19 heavy (non-hydrogen) atoms. The maximum absolute atomic E-state index is 11.9. The van der Waals surface area contributed by atoms with Crippen LogP contribution in [0.3, 0.4) is 0 Å². The lowest BCUT2D eigenvalue weighted by atomic mass is 10.2. The summed E-state index contributed by atoms with van der Waals surface area (Å²) in [7, 11) is 0. The standard InChI is InChI=1S/C14H21NO4/c1-5-18-12(16)7-8-15-11(4)9-10(3)13(15)14(17)19-6-2/h9H,5-8H2,1-4H3. The first-order valence-electron chi connectivity index (χ1n) is 6.50. The highest BCUT2D eigenvalue weighted by atomic mass is 16.5. The van der Waals surface area contributed by atoms with E-state index >= 15 is 0 Å². The Labute approximate surface area is 113 Å². The molecule has 0 aliphatic carbocycles. The molecule has 0 saturated carbocycles. The zero-order valence-electron chi connectivity index (χ0n) is 12.0. The first-order chi connectivity index (χ1) is 9.01. The maximum Gasteiger partial charge on any atom is 0.355 e. The molecule has 0 N–H and O–H groups in total. The number of esters is 2. The van der Waals surface area contributed by atoms with E-state index in [2.05, 4.69) is 0 Å². The first kappa shape index (κ1) is 15.3. The lowest BCUT2D eigenvalue weighted by molar-refractivity contribution is -0.143. The summed E-state index contributed by atoms with van der Waals surface area (Å²) < 4.78 is 11.7. The average Bonchev–Trinajstić information content (AvgIpc) is 2.62. The lowest BCUT2D eigenvalue weighted by Gasteiger charge is -2.11. The second-order valence-electron chi connectivity index (χ2n) is 4.24. The van der Waals surface area contributed by atoms with Crippen LogP contribution < -0.4 is 0 Å². The smallest absolute Gasteiger partial charge is 0.355 e. The monoisotopic (exact) mass is 267 g/mol. The molecule has 0 saturated heterocycles. The van der Waals surface area contributed by atoms with Gasteiger partial charge in [0, 0.05) is 12.2 Å². The normalized spacial score (nSPS) is 10.3. The van der Waals surface area contributed by atoms with E-state index in [1.54, 1.807) is 13.8 Å². The van der Waals surface area contributed by atoms with Crippen LogP contribution >= 0.6 is 0 Å². The molecule has 106 valence electrons. The number of rotatable bonds is 6. The van der Waals surface area contributed by atoms with Gasteiger partial charge in [-0.1, -0.05) is 0 Å². The van der Waals surface area contributed by atoms with E-state index in [0.717, 1.165) is 11.3 Å². The van der Waals surface area contributed by atoms with Crippen LogP contribution in [0.25, 0.3) is 0 Å². The first-order valence-corrected chi connectivity index (χ1v) is 6.50. The average molecular weight is 267 g/mol. The van der Waals surface area contributed by atoms with Crippen molar-refractivity contribution in [1.29, 1.82) is 0 Å². The summed E-state index contributed by atoms with van der Waals surface area (Å²) in [5, 5.41) is 0. The topological polar surface area (TPSA) is 57.5 Å². The fourth-order valence-electron chi connectivity index (χ4n) is 2.04. The van der Waals surface area contributed by atoms with E-state index in [1.165, 1.54) is 0 Å². The molecule has 0 aliphatic rings. The Balaban J connectivity index is 2.87. The third-order valence-corrected chi connectivity index (χ3v) is 2.81. The molecular weight excluding hydrogens is 246 g/mol. The van der Waals surface area contributed by atoms with Gasteiger partial charge in [-0.25, -0.2) is 4.79 Å². The minimum atomic E-state index is -0.350. The van der Waals surface area contributed by atoms with Crippen molar-refractivity contribution in [2.24, 2.45) is 0 Å². The Morgan fingerprint density at radius 3 is 2.37 bits per heavy atom. The van der Waals surface area contributed by atoms with Crippen molar-refractivity contribution >= 4 is 11.9 Å². The summed E-state index contributed by atoms with van der Waals surface area (Å²) in [5.41, 5.74) is 2.31. The van der Waals surface area contributed by atoms with Gasteiger partial charge in [-0.2, -0.15) is 0 Å². The number of carbonyl (C=O) groups is 2. The van der Waals surface area contributed by atoms with Crippen molar-refractivity contribution in [2.75, 3.05) is 13.2 Å². The van der Waals surface area contributed by atoms with Crippen molar-refractivity contribution in [2.45, 2.75) is 40.7 Å². The van der Waals surface area contributed by atoms with E-state index in [0.29, 0.717) is 25.5 Å². The van der Waals surface area contributed by atoms with Gasteiger partial charge in [-0.3, -0.25) is 4.79 Å². The highest BCUT2D eigenvalue weighted by molar-refractivity contribution is 5.89. The highest BCUT2D eigenvalue weighted by Gasteiger charge is 2.18. The zero-order chi connectivity index (χ0) is 14.4. The Morgan fingerprint density at radius 1 is 1.16 bits per heavy atom. The molecule has 0 fully saturated rings. The quantitative estimate of drug-likeness (QED) is 0.742. The van der Waals surface area contributed by atoms with Crippen molar-refractivity contribution in [1.82, 2.24) is 4.57 Å². The molecular formula is C14H21NO4. The largest absolute Gasteiger partial charge is 0.466 e. The number of carbonyl (C=O) groups excluding carboxylic acids is 2. The van der Waals surface area contributed by atoms with Gasteiger partial charge in [0.1, 0.15) is 5.69 Å². The van der Waals surface area contributed by atoms with Gasteiger partial charge < -0.3 is 14.0 Å². The summed E-state index contributed by atoms with van der Waals surface area (Å²) in [6.07, 6.45) is 0.245. The third-order valence-electron chi connectivity index (χ3n) is 2.81. The molecule has 5 nitrogen and oxygen atoms in total. The Bertz CT molecular complexity index is 462. The molecule has 1 rings (SSSR count). The van der Waals surface area contributed by atoms with Crippen LogP contribution in [0.4, 0.5) is 0 Å². The van der Waals surface area contributed by atoms with Crippen molar-refractivity contribution in [3.8, 4) is 0 Å². The summed E-state index contributed by atoms with van der Waals surface area (Å²) >= 11 is 0. The molecule has 0 bridgehead atoms. The summed E-state index contributed by atoms with van der Waals surface area (Å²) in [6.45, 7) is 8.43. The van der Waals surface area contributed by atoms with Crippen LogP contribution in [0.5, 0.6) is 0 Å². The number of aryl methyl sites for hydroxylation is 2. The van der Waals surface area contributed by atoms with Crippen molar-refractivity contribution in [3.05, 3.63) is 23.0 Å². The van der Waals surface area contributed by atoms with Gasteiger partial charge >= 0.3 is 11.9 Å². The SMILES string of the molecule is CCOC(=O)CCn1c(C)cc(C)c1C(=O)OCC. The zero-order valence-corrected chi connectivity index (χ0v) is 12.0. The van der Waals surface area contributed by atoms with Crippen LogP contribution in [-0.4, -0.2) is 29.7 Å². The predicted molar refractivity (Wildman–Crippen MR) is 71.1 cm³/mol. The Hall–Kier alpha value is -1.78. The number of hydrogen-bond donors (Lipinski definition) is 0. The lowest BCUT2D eigenvalue weighted by Crippen LogP contribution is -2.17. The van der Waals surface area contributed by atoms with Crippen LogP contribution in [0.2, 0.25) is 0 Å². The third kappa shape index (κ3) is 3.84. The number of ether oxygens (including phenoxy) is 2. The second-order valence-corrected chi connectivity index (χ2v) is 4.24. The minimum Gasteiger partial charge on any atom is -0.466 e. The molecule has 0 amide bonds. The minimum absolute atomic E-state index is 0.245. The number of aromatic nitrogens is 1. The van der Waals surface area contributed by atoms with E-state index < -0.39 is 0 Å². The van der Waals surface area contributed by atoms with Crippen LogP contribution in [0.1, 0.15) is 42.0 Å². The van der Waals surface area contributed by atoms with Crippen molar-refractivity contribution < 1.29 is 19.1 Å². The van der Waals surface area contributed by atoms with Gasteiger partial charge in [0.2, 0.25) is 0 Å². The van der Waals surface area contributed by atoms with Crippen LogP contribution in [0.15, 0.2) is 6.07 Å². The van der Waals surface area contributed by atoms with Gasteiger partial charge in [-0.15, -0.1) is 0 Å². The van der Waals surface area contributed by atoms with Gasteiger partial charge in [0.25, 0.3) is 0 Å². The molecule has 0 spiro atoms. The Morgan fingerprint density at radius 2 is 1.79 bits per heavy atom. The molecule has 0 aromatic carbocycles. The Kier molecular flexibility index (Phi) is 5.60. The molecule has 1 aromatic heterocycles. The predicted octanol–water partition coefficient (Wildman–Crippen LogP) is 2.23. The second kappa shape index (κ2) is 6.97. The van der Waals surface area contributed by atoms with Gasteiger partial charge in [0.15, 0.2) is 0 Å². The van der Waals surface area contributed by atoms with E-state index in [1.807, 2.05) is 24.5 Å². The molecule has 0 radical (unpaired) electrons. The number of nitrogens with zero attached hydrogens (tertiary/aromatic N) is 1. The highest BCUT2D eigenvalue weighted by Crippen LogP contribution is 2.17. The molecule has 1 heterocycles. The fourth-order valence-corrected chi connectivity index (χ4v) is 2.04. The van der Waals surface area contributed by atoms with Crippen molar-refractivity contribution in [3.63, 3.8) is 0 Å². The molecule has 1 aromatic rings. The summed E-state index contributed by atoms with van der Waals surface area (Å²) in [6, 6.07) is 1.91. The van der Waals surface area contributed by atoms with E-state index in [4.69, 9.17) is 9.47 Å². The number of hydrogen-bond acceptors (Lipinski definition) is 4. The fraction of sp³-hybridized carbons (Fsp3) is 0.571. The summed E-state index contributed by atoms with van der Waals surface area (Å²) in [5.74, 6) is -0.611. The molecule has 0 aliphatic heterocycles. The maximum atomic E-state index is 11.9. The summed E-state index contributed by atoms with van der Waals surface area (Å²) in [4.78, 5) is 23.3. The van der Waals surface area contributed by atoms with Crippen LogP contribution in [-0.2, 0) is 20.8 Å². The van der Waals surface area contributed by atoms with Crippen LogP contribution in [0, 0.1) is 13.8 Å². The van der Waals surface area contributed by atoms with Gasteiger partial charge in [0.05, 0.1) is 19.6 Å². The van der Waals surface area contributed by atoms with E-state index in [9.17, 15) is 9.59 Å². The molecule has 0 unspecified atom stereocenters. The molecule has 0 atom stereocenters.